The molecule has 0 saturated carbocycles. The number of hydrogen-bond donors (Lipinski definition) is 2. The summed E-state index contributed by atoms with van der Waals surface area (Å²) in [6.45, 7) is 0. The van der Waals surface area contributed by atoms with Crippen molar-refractivity contribution >= 4 is 11.6 Å². The Labute approximate surface area is 124 Å². The number of carbonyl (C=O) groups excluding carboxylic acids is 1. The molecule has 0 fully saturated rings. The monoisotopic (exact) mass is 284 g/mol. The molecule has 0 aromatic heterocycles. The van der Waals surface area contributed by atoms with Crippen LogP contribution in [0.5, 0.6) is 5.75 Å². The van der Waals surface area contributed by atoms with Crippen LogP contribution < -0.4 is 15.8 Å². The molecule has 2 rings (SSSR count). The largest absolute Gasteiger partial charge is 0.497 e. The first-order valence-corrected chi connectivity index (χ1v) is 6.93. The van der Waals surface area contributed by atoms with Crippen molar-refractivity contribution in [1.29, 1.82) is 0 Å². The van der Waals surface area contributed by atoms with Crippen molar-refractivity contribution in [2.75, 3.05) is 12.4 Å². The lowest BCUT2D eigenvalue weighted by molar-refractivity contribution is -0.116. The molecule has 0 bridgehead atoms. The summed E-state index contributed by atoms with van der Waals surface area (Å²) >= 11 is 0. The highest BCUT2D eigenvalue weighted by molar-refractivity contribution is 5.90. The van der Waals surface area contributed by atoms with Crippen molar-refractivity contribution in [1.82, 2.24) is 0 Å². The average molecular weight is 284 g/mol. The standard InChI is InChI=1S/C17H20N2O2/c1-21-15-9-5-8-14(12-15)19-17(20)11-10-16(18)13-6-3-2-4-7-13/h2-9,12,16H,10-11,18H2,1H3,(H,19,20). The number of amides is 1. The predicted molar refractivity (Wildman–Crippen MR) is 84.2 cm³/mol. The van der Waals surface area contributed by atoms with Crippen molar-refractivity contribution in [2.24, 2.45) is 5.73 Å². The number of benzene rings is 2. The summed E-state index contributed by atoms with van der Waals surface area (Å²) in [7, 11) is 1.60. The minimum Gasteiger partial charge on any atom is -0.497 e. The summed E-state index contributed by atoms with van der Waals surface area (Å²) in [5.74, 6) is 0.670. The van der Waals surface area contributed by atoms with Crippen LogP contribution in [0.1, 0.15) is 24.4 Å². The van der Waals surface area contributed by atoms with E-state index in [0.29, 0.717) is 18.6 Å². The predicted octanol–water partition coefficient (Wildman–Crippen LogP) is 3.11. The smallest absolute Gasteiger partial charge is 0.224 e. The SMILES string of the molecule is COc1cccc(NC(=O)CCC(N)c2ccccc2)c1. The Bertz CT molecular complexity index is 584. The average Bonchev–Trinajstić information content (AvgIpc) is 2.53. The Morgan fingerprint density at radius 2 is 1.95 bits per heavy atom. The number of anilines is 1. The maximum atomic E-state index is 11.9. The van der Waals surface area contributed by atoms with Crippen LogP contribution in [0.25, 0.3) is 0 Å². The van der Waals surface area contributed by atoms with E-state index in [1.807, 2.05) is 48.5 Å². The van der Waals surface area contributed by atoms with Crippen LogP contribution in [0.4, 0.5) is 5.69 Å². The second-order valence-electron chi connectivity index (χ2n) is 4.84. The third-order valence-corrected chi connectivity index (χ3v) is 3.26. The van der Waals surface area contributed by atoms with E-state index >= 15 is 0 Å². The van der Waals surface area contributed by atoms with Crippen LogP contribution in [0.3, 0.4) is 0 Å². The summed E-state index contributed by atoms with van der Waals surface area (Å²) in [6, 6.07) is 17.0. The number of carbonyl (C=O) groups is 1. The normalized spacial score (nSPS) is 11.7. The molecule has 4 nitrogen and oxygen atoms in total. The van der Waals surface area contributed by atoms with Gasteiger partial charge in [0.15, 0.2) is 0 Å². The highest BCUT2D eigenvalue weighted by atomic mass is 16.5. The molecular formula is C17H20N2O2. The number of methoxy groups -OCH3 is 1. The molecule has 1 amide bonds. The fraction of sp³-hybridized carbons (Fsp3) is 0.235. The molecule has 3 N–H and O–H groups in total. The molecule has 4 heteroatoms. The van der Waals surface area contributed by atoms with Crippen molar-refractivity contribution < 1.29 is 9.53 Å². The minimum absolute atomic E-state index is 0.0466. The van der Waals surface area contributed by atoms with Gasteiger partial charge in [0.05, 0.1) is 7.11 Å². The zero-order valence-corrected chi connectivity index (χ0v) is 12.1. The zero-order chi connectivity index (χ0) is 15.1. The van der Waals surface area contributed by atoms with E-state index in [9.17, 15) is 4.79 Å². The lowest BCUT2D eigenvalue weighted by Gasteiger charge is -2.12. The number of ether oxygens (including phenoxy) is 1. The van der Waals surface area contributed by atoms with E-state index in [2.05, 4.69) is 5.32 Å². The van der Waals surface area contributed by atoms with Crippen molar-refractivity contribution in [3.63, 3.8) is 0 Å². The Morgan fingerprint density at radius 3 is 2.67 bits per heavy atom. The van der Waals surface area contributed by atoms with Gasteiger partial charge in [0.25, 0.3) is 0 Å². The molecule has 0 aliphatic rings. The van der Waals surface area contributed by atoms with Crippen LogP contribution in [0, 0.1) is 0 Å². The first-order valence-electron chi connectivity index (χ1n) is 6.93. The van der Waals surface area contributed by atoms with Crippen molar-refractivity contribution in [3.05, 3.63) is 60.2 Å². The molecular weight excluding hydrogens is 264 g/mol. The van der Waals surface area contributed by atoms with E-state index in [-0.39, 0.29) is 11.9 Å². The Kier molecular flexibility index (Phi) is 5.35. The molecule has 2 aromatic carbocycles. The maximum absolute atomic E-state index is 11.9. The molecule has 0 saturated heterocycles. The van der Waals surface area contributed by atoms with E-state index in [0.717, 1.165) is 11.3 Å². The summed E-state index contributed by atoms with van der Waals surface area (Å²) in [4.78, 5) is 11.9. The second-order valence-corrected chi connectivity index (χ2v) is 4.84. The van der Waals surface area contributed by atoms with Gasteiger partial charge in [0.1, 0.15) is 5.75 Å². The molecule has 0 heterocycles. The quantitative estimate of drug-likeness (QED) is 0.856. The van der Waals surface area contributed by atoms with Gasteiger partial charge in [-0.2, -0.15) is 0 Å². The van der Waals surface area contributed by atoms with Crippen LogP contribution >= 0.6 is 0 Å². The van der Waals surface area contributed by atoms with E-state index in [1.54, 1.807) is 13.2 Å². The highest BCUT2D eigenvalue weighted by Crippen LogP contribution is 2.18. The number of nitrogens with two attached hydrogens (primary N) is 1. The van der Waals surface area contributed by atoms with Gasteiger partial charge in [-0.1, -0.05) is 36.4 Å². The fourth-order valence-electron chi connectivity index (χ4n) is 2.08. The summed E-state index contributed by atoms with van der Waals surface area (Å²) in [5, 5.41) is 2.85. The van der Waals surface area contributed by atoms with Crippen molar-refractivity contribution in [3.8, 4) is 5.75 Å². The van der Waals surface area contributed by atoms with Crippen LogP contribution in [-0.2, 0) is 4.79 Å². The lowest BCUT2D eigenvalue weighted by atomic mass is 10.0. The molecule has 1 unspecified atom stereocenters. The van der Waals surface area contributed by atoms with Gasteiger partial charge in [-0.25, -0.2) is 0 Å². The molecule has 0 spiro atoms. The Balaban J connectivity index is 1.84. The zero-order valence-electron chi connectivity index (χ0n) is 12.1. The van der Waals surface area contributed by atoms with E-state index < -0.39 is 0 Å². The first-order chi connectivity index (χ1) is 10.2. The van der Waals surface area contributed by atoms with Gasteiger partial charge >= 0.3 is 0 Å². The van der Waals surface area contributed by atoms with Gasteiger partial charge in [0, 0.05) is 24.2 Å². The maximum Gasteiger partial charge on any atom is 0.224 e. The molecule has 1 atom stereocenters. The third kappa shape index (κ3) is 4.61. The molecule has 2 aromatic rings. The third-order valence-electron chi connectivity index (χ3n) is 3.26. The van der Waals surface area contributed by atoms with Crippen LogP contribution in [0.15, 0.2) is 54.6 Å². The minimum atomic E-state index is -0.123. The van der Waals surface area contributed by atoms with Gasteiger partial charge < -0.3 is 15.8 Å². The fourth-order valence-corrected chi connectivity index (χ4v) is 2.08. The second kappa shape index (κ2) is 7.45. The highest BCUT2D eigenvalue weighted by Gasteiger charge is 2.09. The molecule has 0 aliphatic carbocycles. The summed E-state index contributed by atoms with van der Waals surface area (Å²) in [5.41, 5.74) is 7.86. The van der Waals surface area contributed by atoms with Crippen LogP contribution in [0.2, 0.25) is 0 Å². The Hall–Kier alpha value is -2.33. The summed E-state index contributed by atoms with van der Waals surface area (Å²) in [6.07, 6.45) is 0.993. The number of hydrogen-bond acceptors (Lipinski definition) is 3. The van der Waals surface area contributed by atoms with Gasteiger partial charge in [0.2, 0.25) is 5.91 Å². The topological polar surface area (TPSA) is 64.3 Å². The van der Waals surface area contributed by atoms with E-state index in [4.69, 9.17) is 10.5 Å². The molecule has 0 radical (unpaired) electrons. The van der Waals surface area contributed by atoms with Gasteiger partial charge in [-0.3, -0.25) is 4.79 Å². The van der Waals surface area contributed by atoms with Gasteiger partial charge in [-0.15, -0.1) is 0 Å². The first kappa shape index (κ1) is 15.1. The van der Waals surface area contributed by atoms with Gasteiger partial charge in [-0.05, 0) is 24.1 Å². The number of rotatable bonds is 6. The summed E-state index contributed by atoms with van der Waals surface area (Å²) < 4.78 is 5.12. The molecule has 110 valence electrons. The Morgan fingerprint density at radius 1 is 1.19 bits per heavy atom. The molecule has 21 heavy (non-hydrogen) atoms. The molecule has 0 aliphatic heterocycles. The number of nitrogens with one attached hydrogen (secondary N) is 1. The van der Waals surface area contributed by atoms with E-state index in [1.165, 1.54) is 0 Å². The lowest BCUT2D eigenvalue weighted by Crippen LogP contribution is -2.16. The van der Waals surface area contributed by atoms with Crippen molar-refractivity contribution in [2.45, 2.75) is 18.9 Å². The van der Waals surface area contributed by atoms with Crippen LogP contribution in [-0.4, -0.2) is 13.0 Å².